The summed E-state index contributed by atoms with van der Waals surface area (Å²) in [7, 11) is 2.99. The first-order valence-electron chi connectivity index (χ1n) is 11.3. The van der Waals surface area contributed by atoms with E-state index < -0.39 is 11.7 Å². The second kappa shape index (κ2) is 12.4. The summed E-state index contributed by atoms with van der Waals surface area (Å²) >= 11 is 6.35. The van der Waals surface area contributed by atoms with Crippen molar-refractivity contribution in [3.8, 4) is 11.5 Å². The number of benzene rings is 2. The lowest BCUT2D eigenvalue weighted by molar-refractivity contribution is -0.112. The topological polar surface area (TPSA) is 80.2 Å². The first-order chi connectivity index (χ1) is 16.7. The molecule has 1 aliphatic carbocycles. The number of hydrogen-bond donors (Lipinski definition) is 1. The number of carbonyl (C=O) groups excluding carboxylic acids is 2. The van der Waals surface area contributed by atoms with Gasteiger partial charge in [0.15, 0.2) is 0 Å². The molecule has 1 aliphatic rings. The van der Waals surface area contributed by atoms with Gasteiger partial charge in [0.1, 0.15) is 11.5 Å². The van der Waals surface area contributed by atoms with Gasteiger partial charge in [-0.15, -0.1) is 0 Å². The van der Waals surface area contributed by atoms with Gasteiger partial charge in [0, 0.05) is 30.4 Å². The van der Waals surface area contributed by atoms with E-state index in [0.717, 1.165) is 30.0 Å². The molecule has 0 saturated carbocycles. The van der Waals surface area contributed by atoms with Gasteiger partial charge in [-0.25, -0.2) is 4.99 Å². The van der Waals surface area contributed by atoms with Crippen LogP contribution in [0.2, 0.25) is 0 Å². The third-order valence-electron chi connectivity index (χ3n) is 5.85. The van der Waals surface area contributed by atoms with Crippen LogP contribution >= 0.6 is 11.6 Å². The number of amides is 1. The summed E-state index contributed by atoms with van der Waals surface area (Å²) in [5, 5.41) is 2.68. The van der Waals surface area contributed by atoms with Gasteiger partial charge in [0.05, 0.1) is 36.3 Å². The van der Waals surface area contributed by atoms with Crippen LogP contribution in [0.5, 0.6) is 11.5 Å². The fraction of sp³-hybridized carbons (Fsp3) is 0.321. The number of nitrogens with zero attached hydrogens (tertiary/aromatic N) is 2. The van der Waals surface area contributed by atoms with Gasteiger partial charge >= 0.3 is 0 Å². The third kappa shape index (κ3) is 6.15. The number of allylic oxidation sites excluding steroid dienone is 3. The molecule has 192 valence electrons. The number of aliphatic imine (C=N–C) groups is 1. The maximum Gasteiger partial charge on any atom is 0.256 e. The molecule has 0 atom stereocenters. The minimum Gasteiger partial charge on any atom is -0.497 e. The molecule has 1 amide bonds. The summed E-state index contributed by atoms with van der Waals surface area (Å²) in [6.07, 6.45) is 1.55. The Kier molecular flexibility index (Phi) is 9.87. The normalized spacial score (nSPS) is 14.2. The van der Waals surface area contributed by atoms with Gasteiger partial charge in [0.2, 0.25) is 5.78 Å². The largest absolute Gasteiger partial charge is 0.497 e. The molecule has 0 fully saturated rings. The molecule has 0 heterocycles. The molecule has 2 aromatic carbocycles. The van der Waals surface area contributed by atoms with E-state index >= 15 is 0 Å². The molecule has 3 rings (SSSR count). The smallest absolute Gasteiger partial charge is 0.256 e. The summed E-state index contributed by atoms with van der Waals surface area (Å²) in [6, 6.07) is 10.8. The number of ether oxygens (including phenoxy) is 2. The van der Waals surface area contributed by atoms with Crippen LogP contribution in [0.3, 0.4) is 0 Å². The number of methoxy groups -OCH3 is 2. The molecule has 36 heavy (non-hydrogen) atoms. The average Bonchev–Trinajstić information content (AvgIpc) is 2.87. The van der Waals surface area contributed by atoms with Crippen LogP contribution in [0, 0.1) is 6.92 Å². The zero-order chi connectivity index (χ0) is 25.7. The number of rotatable bonds is 8. The van der Waals surface area contributed by atoms with E-state index in [-0.39, 0.29) is 23.7 Å². The molecule has 0 aliphatic heterocycles. The Morgan fingerprint density at radius 1 is 1.03 bits per heavy atom. The van der Waals surface area contributed by atoms with E-state index in [4.69, 9.17) is 26.1 Å². The van der Waals surface area contributed by atoms with Crippen LogP contribution in [0.15, 0.2) is 63.8 Å². The number of halogens is 1. The summed E-state index contributed by atoms with van der Waals surface area (Å²) in [4.78, 5) is 32.8. The first kappa shape index (κ1) is 28.7. The van der Waals surface area contributed by atoms with Crippen molar-refractivity contribution in [2.75, 3.05) is 32.2 Å². The Balaban J connectivity index is 0.00000456. The van der Waals surface area contributed by atoms with Crippen molar-refractivity contribution in [2.24, 2.45) is 4.99 Å². The van der Waals surface area contributed by atoms with Crippen LogP contribution in [0.4, 0.5) is 11.4 Å². The number of carbonyl (C=O) groups is 2. The Morgan fingerprint density at radius 2 is 1.64 bits per heavy atom. The van der Waals surface area contributed by atoms with Crippen molar-refractivity contribution in [1.29, 1.82) is 0 Å². The molecule has 0 aromatic heterocycles. The highest BCUT2D eigenvalue weighted by Gasteiger charge is 2.26. The van der Waals surface area contributed by atoms with Gasteiger partial charge in [-0.1, -0.05) is 19.0 Å². The Bertz CT molecular complexity index is 1220. The second-order valence-corrected chi connectivity index (χ2v) is 8.40. The molecule has 2 aromatic rings. The lowest BCUT2D eigenvalue weighted by Crippen LogP contribution is -2.31. The lowest BCUT2D eigenvalue weighted by Gasteiger charge is -2.22. The monoisotopic (exact) mass is 511 g/mol. The number of anilines is 1. The van der Waals surface area contributed by atoms with E-state index in [1.807, 2.05) is 19.1 Å². The summed E-state index contributed by atoms with van der Waals surface area (Å²) in [5.74, 6) is -0.0546. The SMILES string of the molecule is C.CCN(CC)c1ccc(N=C2C=C(NC(=O)c3cc(OC)cc(OC)c3)C(=O)C(Cl)=C2C)c(C)c1. The van der Waals surface area contributed by atoms with Gasteiger partial charge in [-0.2, -0.15) is 0 Å². The van der Waals surface area contributed by atoms with Gasteiger partial charge in [-0.05, 0) is 75.2 Å². The Hall–Kier alpha value is -3.58. The van der Waals surface area contributed by atoms with Crippen molar-refractivity contribution < 1.29 is 19.1 Å². The predicted octanol–water partition coefficient (Wildman–Crippen LogP) is 5.98. The zero-order valence-electron chi connectivity index (χ0n) is 20.9. The fourth-order valence-corrected chi connectivity index (χ4v) is 3.93. The van der Waals surface area contributed by atoms with Crippen molar-refractivity contribution in [3.05, 3.63) is 69.9 Å². The molecule has 0 saturated heterocycles. The molecular weight excluding hydrogens is 478 g/mol. The molecular formula is C28H34ClN3O4. The van der Waals surface area contributed by atoms with E-state index in [1.54, 1.807) is 31.2 Å². The maximum atomic E-state index is 12.9. The van der Waals surface area contributed by atoms with Crippen molar-refractivity contribution >= 4 is 40.4 Å². The third-order valence-corrected chi connectivity index (χ3v) is 6.31. The zero-order valence-corrected chi connectivity index (χ0v) is 21.6. The maximum absolute atomic E-state index is 12.9. The molecule has 0 bridgehead atoms. The average molecular weight is 512 g/mol. The predicted molar refractivity (Wildman–Crippen MR) is 147 cm³/mol. The van der Waals surface area contributed by atoms with Crippen molar-refractivity contribution in [2.45, 2.75) is 35.1 Å². The van der Waals surface area contributed by atoms with Crippen LogP contribution in [-0.4, -0.2) is 44.7 Å². The molecule has 0 radical (unpaired) electrons. The highest BCUT2D eigenvalue weighted by molar-refractivity contribution is 6.49. The Labute approximate surface area is 218 Å². The summed E-state index contributed by atoms with van der Waals surface area (Å²) < 4.78 is 10.5. The fourth-order valence-electron chi connectivity index (χ4n) is 3.73. The number of Topliss-reactive ketones (excluding diaryl/α,β-unsaturated/α-hetero) is 1. The number of ketones is 1. The van der Waals surface area contributed by atoms with E-state index in [9.17, 15) is 9.59 Å². The lowest BCUT2D eigenvalue weighted by atomic mass is 10.0. The van der Waals surface area contributed by atoms with E-state index in [0.29, 0.717) is 22.8 Å². The second-order valence-electron chi connectivity index (χ2n) is 8.02. The quantitative estimate of drug-likeness (QED) is 0.441. The van der Waals surface area contributed by atoms with Crippen molar-refractivity contribution in [1.82, 2.24) is 5.32 Å². The van der Waals surface area contributed by atoms with Crippen molar-refractivity contribution in [3.63, 3.8) is 0 Å². The number of aryl methyl sites for hydroxylation is 1. The minimum atomic E-state index is -0.495. The molecule has 8 heteroatoms. The molecule has 0 spiro atoms. The summed E-state index contributed by atoms with van der Waals surface area (Å²) in [6.45, 7) is 9.78. The number of hydrogen-bond acceptors (Lipinski definition) is 6. The Morgan fingerprint density at radius 3 is 2.17 bits per heavy atom. The minimum absolute atomic E-state index is 0. The first-order valence-corrected chi connectivity index (χ1v) is 11.7. The van der Waals surface area contributed by atoms with Crippen LogP contribution in [0.25, 0.3) is 0 Å². The highest BCUT2D eigenvalue weighted by Crippen LogP contribution is 2.29. The molecule has 0 unspecified atom stereocenters. The summed E-state index contributed by atoms with van der Waals surface area (Å²) in [5.41, 5.74) is 4.25. The molecule has 7 nitrogen and oxygen atoms in total. The standard InChI is InChI=1S/C27H30ClN3O4.CH4/c1-7-31(8-2)19-9-10-22(16(3)11-19)29-23-15-24(26(32)25(28)17(23)4)30-27(33)18-12-20(34-5)14-21(13-18)35-6;/h9-15H,7-8H2,1-6H3,(H,30,33);1H4. The molecule has 1 N–H and O–H groups in total. The van der Waals surface area contributed by atoms with Gasteiger partial charge in [-0.3, -0.25) is 9.59 Å². The van der Waals surface area contributed by atoms with Crippen LogP contribution in [-0.2, 0) is 4.79 Å². The van der Waals surface area contributed by atoms with Crippen LogP contribution in [0.1, 0.15) is 44.1 Å². The highest BCUT2D eigenvalue weighted by atomic mass is 35.5. The van der Waals surface area contributed by atoms with E-state index in [2.05, 4.69) is 30.1 Å². The van der Waals surface area contributed by atoms with Crippen LogP contribution < -0.4 is 19.7 Å². The van der Waals surface area contributed by atoms with Gasteiger partial charge < -0.3 is 19.7 Å². The van der Waals surface area contributed by atoms with Gasteiger partial charge in [0.25, 0.3) is 5.91 Å². The number of nitrogens with one attached hydrogen (secondary N) is 1. The van der Waals surface area contributed by atoms with E-state index in [1.165, 1.54) is 14.2 Å².